The number of carbonyl (C=O) groups excluding carboxylic acids is 1. The van der Waals surface area contributed by atoms with Crippen LogP contribution in [0.5, 0.6) is 0 Å². The van der Waals surface area contributed by atoms with E-state index in [4.69, 9.17) is 9.52 Å². The largest absolute Gasteiger partial charge is 0.481 e. The van der Waals surface area contributed by atoms with Crippen molar-refractivity contribution in [1.29, 1.82) is 0 Å². The summed E-state index contributed by atoms with van der Waals surface area (Å²) in [5, 5.41) is 11.8. The van der Waals surface area contributed by atoms with E-state index in [0.717, 1.165) is 5.56 Å². The Morgan fingerprint density at radius 1 is 1.14 bits per heavy atom. The van der Waals surface area contributed by atoms with Crippen LogP contribution < -0.4 is 5.32 Å². The summed E-state index contributed by atoms with van der Waals surface area (Å²) >= 11 is 0. The maximum atomic E-state index is 12.2. The molecule has 3 rings (SSSR count). The molecule has 108 valence electrons. The summed E-state index contributed by atoms with van der Waals surface area (Å²) in [7, 11) is 0. The summed E-state index contributed by atoms with van der Waals surface area (Å²) in [6.45, 7) is 0. The zero-order chi connectivity index (χ0) is 14.8. The van der Waals surface area contributed by atoms with Gasteiger partial charge in [-0.05, 0) is 24.1 Å². The van der Waals surface area contributed by atoms with Gasteiger partial charge in [0.25, 0.3) is 0 Å². The van der Waals surface area contributed by atoms with Crippen LogP contribution in [0.3, 0.4) is 0 Å². The maximum absolute atomic E-state index is 12.2. The number of amides is 1. The Morgan fingerprint density at radius 2 is 1.90 bits per heavy atom. The fraction of sp³-hybridized carbons (Fsp3) is 0.250. The summed E-state index contributed by atoms with van der Waals surface area (Å²) in [5.74, 6) is -1.53. The monoisotopic (exact) mass is 285 g/mol. The molecule has 2 N–H and O–H groups in total. The number of hydrogen-bond donors (Lipinski definition) is 2. The normalized spacial score (nSPS) is 21.5. The first-order valence-electron chi connectivity index (χ1n) is 6.78. The van der Waals surface area contributed by atoms with Gasteiger partial charge >= 0.3 is 5.97 Å². The average Bonchev–Trinajstić information content (AvgIpc) is 3.13. The van der Waals surface area contributed by atoms with Crippen molar-refractivity contribution < 1.29 is 19.1 Å². The van der Waals surface area contributed by atoms with Crippen LogP contribution in [0.1, 0.15) is 23.8 Å². The minimum Gasteiger partial charge on any atom is -0.481 e. The summed E-state index contributed by atoms with van der Waals surface area (Å²) in [6, 6.07) is 12.6. The Morgan fingerprint density at radius 3 is 2.48 bits per heavy atom. The van der Waals surface area contributed by atoms with E-state index in [0.29, 0.717) is 12.2 Å². The molecule has 1 aromatic heterocycles. The first-order valence-corrected chi connectivity index (χ1v) is 6.78. The lowest BCUT2D eigenvalue weighted by Gasteiger charge is -2.17. The lowest BCUT2D eigenvalue weighted by Crippen LogP contribution is -2.31. The van der Waals surface area contributed by atoms with Gasteiger partial charge in [-0.25, -0.2) is 0 Å². The minimum absolute atomic E-state index is 0.243. The highest BCUT2D eigenvalue weighted by Gasteiger charge is 2.48. The van der Waals surface area contributed by atoms with Crippen molar-refractivity contribution in [2.45, 2.75) is 12.5 Å². The summed E-state index contributed by atoms with van der Waals surface area (Å²) < 4.78 is 5.39. The van der Waals surface area contributed by atoms with E-state index < -0.39 is 23.8 Å². The molecule has 0 bridgehead atoms. The third-order valence-electron chi connectivity index (χ3n) is 3.69. The van der Waals surface area contributed by atoms with Crippen LogP contribution in [0.2, 0.25) is 0 Å². The van der Waals surface area contributed by atoms with Gasteiger partial charge in [-0.1, -0.05) is 30.3 Å². The number of carboxylic acid groups (broad SMARTS) is 1. The van der Waals surface area contributed by atoms with Crippen molar-refractivity contribution in [2.75, 3.05) is 0 Å². The first-order chi connectivity index (χ1) is 10.2. The molecule has 21 heavy (non-hydrogen) atoms. The summed E-state index contributed by atoms with van der Waals surface area (Å²) in [4.78, 5) is 23.0. The van der Waals surface area contributed by atoms with Crippen LogP contribution in [0.15, 0.2) is 53.1 Å². The number of nitrogens with one attached hydrogen (secondary N) is 1. The molecular weight excluding hydrogens is 270 g/mol. The molecule has 3 atom stereocenters. The number of benzene rings is 1. The lowest BCUT2D eigenvalue weighted by molar-refractivity contribution is -0.140. The van der Waals surface area contributed by atoms with Gasteiger partial charge in [0.1, 0.15) is 11.8 Å². The van der Waals surface area contributed by atoms with Gasteiger partial charge in [-0.15, -0.1) is 0 Å². The Kier molecular flexibility index (Phi) is 3.48. The van der Waals surface area contributed by atoms with E-state index in [1.54, 1.807) is 18.4 Å². The van der Waals surface area contributed by atoms with Gasteiger partial charge < -0.3 is 14.8 Å². The average molecular weight is 285 g/mol. The molecular formula is C16H15NO4. The van der Waals surface area contributed by atoms with Crippen molar-refractivity contribution in [3.05, 3.63) is 60.1 Å². The van der Waals surface area contributed by atoms with Crippen molar-refractivity contribution in [1.82, 2.24) is 5.32 Å². The lowest BCUT2D eigenvalue weighted by atomic mass is 10.0. The van der Waals surface area contributed by atoms with E-state index in [9.17, 15) is 9.59 Å². The zero-order valence-corrected chi connectivity index (χ0v) is 11.2. The zero-order valence-electron chi connectivity index (χ0n) is 11.2. The second kappa shape index (κ2) is 5.44. The van der Waals surface area contributed by atoms with Gasteiger partial charge in [-0.2, -0.15) is 0 Å². The second-order valence-corrected chi connectivity index (χ2v) is 5.15. The molecule has 3 unspecified atom stereocenters. The second-order valence-electron chi connectivity index (χ2n) is 5.15. The standard InChI is InChI=1S/C16H15NO4/c18-15(11-9-12(11)16(19)20)17-14(13-7-4-8-21-13)10-5-2-1-3-6-10/h1-8,11-12,14H,9H2,(H,17,18)(H,19,20). The minimum atomic E-state index is -0.913. The third-order valence-corrected chi connectivity index (χ3v) is 3.69. The van der Waals surface area contributed by atoms with Crippen LogP contribution in [0.4, 0.5) is 0 Å². The number of rotatable bonds is 5. The SMILES string of the molecule is O=C(O)C1CC1C(=O)NC(c1ccccc1)c1ccco1. The Balaban J connectivity index is 1.78. The van der Waals surface area contributed by atoms with E-state index in [1.165, 1.54) is 0 Å². The van der Waals surface area contributed by atoms with E-state index in [1.807, 2.05) is 30.3 Å². The Labute approximate surface area is 121 Å². The van der Waals surface area contributed by atoms with Gasteiger partial charge in [0.05, 0.1) is 18.1 Å². The first kappa shape index (κ1) is 13.4. The topological polar surface area (TPSA) is 79.5 Å². The van der Waals surface area contributed by atoms with Crippen LogP contribution in [0.25, 0.3) is 0 Å². The Hall–Kier alpha value is -2.56. The molecule has 1 heterocycles. The summed E-state index contributed by atoms with van der Waals surface area (Å²) in [6.07, 6.45) is 1.95. The molecule has 2 aromatic rings. The highest BCUT2D eigenvalue weighted by atomic mass is 16.4. The van der Waals surface area contributed by atoms with E-state index in [2.05, 4.69) is 5.32 Å². The molecule has 0 aliphatic heterocycles. The molecule has 1 aromatic carbocycles. The smallest absolute Gasteiger partial charge is 0.307 e. The van der Waals surface area contributed by atoms with Crippen molar-refractivity contribution in [3.63, 3.8) is 0 Å². The third kappa shape index (κ3) is 2.81. The van der Waals surface area contributed by atoms with Gasteiger partial charge in [0, 0.05) is 0 Å². The highest BCUT2D eigenvalue weighted by Crippen LogP contribution is 2.39. The number of carbonyl (C=O) groups is 2. The molecule has 5 nitrogen and oxygen atoms in total. The molecule has 0 saturated heterocycles. The van der Waals surface area contributed by atoms with Crippen molar-refractivity contribution >= 4 is 11.9 Å². The van der Waals surface area contributed by atoms with Crippen molar-refractivity contribution in [3.8, 4) is 0 Å². The molecule has 5 heteroatoms. The molecule has 1 aliphatic carbocycles. The molecule has 1 saturated carbocycles. The molecule has 1 amide bonds. The van der Waals surface area contributed by atoms with E-state index >= 15 is 0 Å². The van der Waals surface area contributed by atoms with Crippen LogP contribution in [-0.4, -0.2) is 17.0 Å². The van der Waals surface area contributed by atoms with Gasteiger partial charge in [-0.3, -0.25) is 9.59 Å². The Bertz CT molecular complexity index is 636. The van der Waals surface area contributed by atoms with Crippen molar-refractivity contribution in [2.24, 2.45) is 11.8 Å². The summed E-state index contributed by atoms with van der Waals surface area (Å²) in [5.41, 5.74) is 0.897. The fourth-order valence-electron chi connectivity index (χ4n) is 2.43. The molecule has 0 spiro atoms. The van der Waals surface area contributed by atoms with Gasteiger partial charge in [0.2, 0.25) is 5.91 Å². The van der Waals surface area contributed by atoms with Gasteiger partial charge in [0.15, 0.2) is 0 Å². The van der Waals surface area contributed by atoms with Crippen LogP contribution in [0, 0.1) is 11.8 Å². The predicted octanol–water partition coefficient (Wildman–Crippen LogP) is 2.21. The molecule has 1 fully saturated rings. The molecule has 1 aliphatic rings. The number of carboxylic acids is 1. The fourth-order valence-corrected chi connectivity index (χ4v) is 2.43. The van der Waals surface area contributed by atoms with Crippen LogP contribution in [-0.2, 0) is 9.59 Å². The predicted molar refractivity (Wildman–Crippen MR) is 74.4 cm³/mol. The maximum Gasteiger partial charge on any atom is 0.307 e. The number of hydrogen-bond acceptors (Lipinski definition) is 3. The number of furan rings is 1. The highest BCUT2D eigenvalue weighted by molar-refractivity contribution is 5.89. The number of aliphatic carboxylic acids is 1. The van der Waals surface area contributed by atoms with E-state index in [-0.39, 0.29) is 5.91 Å². The van der Waals surface area contributed by atoms with Crippen LogP contribution >= 0.6 is 0 Å². The quantitative estimate of drug-likeness (QED) is 0.882. The molecule has 0 radical (unpaired) electrons.